The van der Waals surface area contributed by atoms with Gasteiger partial charge in [-0.15, -0.1) is 0 Å². The molecule has 6 nitrogen and oxygen atoms in total. The quantitative estimate of drug-likeness (QED) is 0.281. The van der Waals surface area contributed by atoms with E-state index in [1.807, 2.05) is 62.4 Å². The van der Waals surface area contributed by atoms with Crippen LogP contribution in [0.15, 0.2) is 78.4 Å². The Kier molecular flexibility index (Phi) is 6.51. The molecule has 0 bridgehead atoms. The minimum absolute atomic E-state index is 0.0721. The Morgan fingerprint density at radius 1 is 0.944 bits per heavy atom. The summed E-state index contributed by atoms with van der Waals surface area (Å²) in [7, 11) is 0. The third-order valence-electron chi connectivity index (χ3n) is 6.82. The predicted molar refractivity (Wildman–Crippen MR) is 141 cm³/mol. The maximum absolute atomic E-state index is 13.4. The van der Waals surface area contributed by atoms with Crippen LogP contribution in [0.2, 0.25) is 0 Å². The van der Waals surface area contributed by atoms with Crippen LogP contribution in [0.5, 0.6) is 5.75 Å². The molecule has 5 rings (SSSR count). The van der Waals surface area contributed by atoms with Crippen molar-refractivity contribution in [1.29, 1.82) is 0 Å². The van der Waals surface area contributed by atoms with Crippen molar-refractivity contribution in [2.24, 2.45) is 0 Å². The van der Waals surface area contributed by atoms with Crippen LogP contribution in [0.25, 0.3) is 5.76 Å². The van der Waals surface area contributed by atoms with Gasteiger partial charge in [-0.3, -0.25) is 14.5 Å². The van der Waals surface area contributed by atoms with E-state index < -0.39 is 17.7 Å². The molecule has 0 radical (unpaired) electrons. The van der Waals surface area contributed by atoms with Crippen molar-refractivity contribution in [3.63, 3.8) is 0 Å². The van der Waals surface area contributed by atoms with Gasteiger partial charge in [-0.25, -0.2) is 0 Å². The van der Waals surface area contributed by atoms with E-state index in [4.69, 9.17) is 4.74 Å². The van der Waals surface area contributed by atoms with Crippen LogP contribution in [-0.4, -0.2) is 36.5 Å². The van der Waals surface area contributed by atoms with E-state index in [1.165, 1.54) is 17.7 Å². The number of anilines is 2. The molecule has 2 aliphatic rings. The third kappa shape index (κ3) is 4.35. The highest BCUT2D eigenvalue weighted by molar-refractivity contribution is 6.51. The van der Waals surface area contributed by atoms with Gasteiger partial charge in [0.05, 0.1) is 18.2 Å². The monoisotopic (exact) mass is 482 g/mol. The number of hydrogen-bond donors (Lipinski definition) is 1. The molecule has 0 saturated carbocycles. The highest BCUT2D eigenvalue weighted by atomic mass is 16.5. The van der Waals surface area contributed by atoms with Gasteiger partial charge in [0.2, 0.25) is 0 Å². The molecule has 0 aliphatic carbocycles. The number of aryl methyl sites for hydroxylation is 1. The van der Waals surface area contributed by atoms with E-state index >= 15 is 0 Å². The molecular weight excluding hydrogens is 452 g/mol. The number of ether oxygens (including phenoxy) is 1. The van der Waals surface area contributed by atoms with E-state index in [0.29, 0.717) is 23.6 Å². The first-order chi connectivity index (χ1) is 17.5. The van der Waals surface area contributed by atoms with Crippen molar-refractivity contribution in [3.05, 3.63) is 95.1 Å². The predicted octanol–water partition coefficient (Wildman–Crippen LogP) is 5.62. The Morgan fingerprint density at radius 2 is 1.64 bits per heavy atom. The van der Waals surface area contributed by atoms with E-state index in [2.05, 4.69) is 4.90 Å². The van der Waals surface area contributed by atoms with Crippen molar-refractivity contribution < 1.29 is 19.4 Å². The lowest BCUT2D eigenvalue weighted by molar-refractivity contribution is -0.132. The number of ketones is 1. The smallest absolute Gasteiger partial charge is 0.300 e. The normalized spacial score (nSPS) is 19.2. The zero-order valence-electron chi connectivity index (χ0n) is 20.6. The van der Waals surface area contributed by atoms with E-state index in [-0.39, 0.29) is 11.3 Å². The van der Waals surface area contributed by atoms with Gasteiger partial charge in [-0.05, 0) is 68.7 Å². The second-order valence-corrected chi connectivity index (χ2v) is 9.25. The van der Waals surface area contributed by atoms with Crippen molar-refractivity contribution in [2.45, 2.75) is 32.7 Å². The summed E-state index contributed by atoms with van der Waals surface area (Å²) >= 11 is 0. The minimum Gasteiger partial charge on any atom is -0.507 e. The first-order valence-electron chi connectivity index (χ1n) is 12.4. The van der Waals surface area contributed by atoms with Crippen molar-refractivity contribution in [3.8, 4) is 5.75 Å². The Labute approximate surface area is 211 Å². The second kappa shape index (κ2) is 9.90. The number of carbonyl (C=O) groups excluding carboxylic acids is 2. The molecule has 0 spiro atoms. The largest absolute Gasteiger partial charge is 0.507 e. The second-order valence-electron chi connectivity index (χ2n) is 9.25. The highest BCUT2D eigenvalue weighted by Gasteiger charge is 2.47. The number of nitrogens with zero attached hydrogens (tertiary/aromatic N) is 2. The molecular formula is C30H30N2O4. The van der Waals surface area contributed by atoms with Crippen LogP contribution in [0, 0.1) is 6.92 Å². The molecule has 3 aromatic carbocycles. The van der Waals surface area contributed by atoms with Crippen LogP contribution in [0.1, 0.15) is 42.5 Å². The molecule has 3 aromatic rings. The lowest BCUT2D eigenvalue weighted by Crippen LogP contribution is -2.29. The Morgan fingerprint density at radius 3 is 2.33 bits per heavy atom. The van der Waals surface area contributed by atoms with Gasteiger partial charge >= 0.3 is 0 Å². The van der Waals surface area contributed by atoms with Crippen molar-refractivity contribution in [1.82, 2.24) is 0 Å². The number of aliphatic hydroxyl groups excluding tert-OH is 1. The van der Waals surface area contributed by atoms with Crippen LogP contribution < -0.4 is 14.5 Å². The summed E-state index contributed by atoms with van der Waals surface area (Å²) in [5, 5.41) is 11.4. The van der Waals surface area contributed by atoms with Gasteiger partial charge in [-0.1, -0.05) is 42.0 Å². The maximum atomic E-state index is 13.4. The lowest BCUT2D eigenvalue weighted by atomic mass is 9.94. The van der Waals surface area contributed by atoms with Crippen molar-refractivity contribution in [2.75, 3.05) is 29.5 Å². The van der Waals surface area contributed by atoms with Gasteiger partial charge in [0.1, 0.15) is 11.5 Å². The molecule has 1 atom stereocenters. The summed E-state index contributed by atoms with van der Waals surface area (Å²) in [6.07, 6.45) is 2.35. The number of carbonyl (C=O) groups is 2. The van der Waals surface area contributed by atoms with Gasteiger partial charge in [0.25, 0.3) is 11.7 Å². The summed E-state index contributed by atoms with van der Waals surface area (Å²) in [6, 6.07) is 21.7. The van der Waals surface area contributed by atoms with Crippen molar-refractivity contribution >= 4 is 28.8 Å². The summed E-state index contributed by atoms with van der Waals surface area (Å²) in [6.45, 7) is 6.37. The molecule has 184 valence electrons. The van der Waals surface area contributed by atoms with E-state index in [9.17, 15) is 14.7 Å². The number of amides is 1. The van der Waals surface area contributed by atoms with Gasteiger partial charge in [-0.2, -0.15) is 0 Å². The average molecular weight is 483 g/mol. The van der Waals surface area contributed by atoms with Crippen LogP contribution in [0.4, 0.5) is 11.4 Å². The Hall–Kier alpha value is -4.06. The number of rotatable bonds is 6. The maximum Gasteiger partial charge on any atom is 0.300 e. The molecule has 36 heavy (non-hydrogen) atoms. The molecule has 2 saturated heterocycles. The molecule has 2 aliphatic heterocycles. The van der Waals surface area contributed by atoms with Crippen LogP contribution in [0.3, 0.4) is 0 Å². The first-order valence-corrected chi connectivity index (χ1v) is 12.4. The number of aliphatic hydroxyl groups is 1. The molecule has 2 fully saturated rings. The van der Waals surface area contributed by atoms with Crippen LogP contribution >= 0.6 is 0 Å². The summed E-state index contributed by atoms with van der Waals surface area (Å²) in [4.78, 5) is 30.7. The standard InChI is InChI=1S/C30H30N2O4/c1-3-36-25-11-7-10-22(19-25)28(33)26-27(21-9-6-8-20(2)18-21)32(30(35)29(26)34)24-14-12-23(13-15-24)31-16-4-5-17-31/h6-15,18-19,27,33H,3-5,16-17H2,1-2H3/b28-26+. The fraction of sp³-hybridized carbons (Fsp3) is 0.267. The zero-order chi connectivity index (χ0) is 25.2. The average Bonchev–Trinajstić information content (AvgIpc) is 3.51. The van der Waals surface area contributed by atoms with Gasteiger partial charge in [0.15, 0.2) is 0 Å². The molecule has 1 amide bonds. The minimum atomic E-state index is -0.752. The lowest BCUT2D eigenvalue weighted by Gasteiger charge is -2.26. The third-order valence-corrected chi connectivity index (χ3v) is 6.82. The summed E-state index contributed by atoms with van der Waals surface area (Å²) in [5.74, 6) is -0.986. The molecule has 1 unspecified atom stereocenters. The molecule has 6 heteroatoms. The Balaban J connectivity index is 1.62. The van der Waals surface area contributed by atoms with Gasteiger partial charge in [0, 0.05) is 30.0 Å². The van der Waals surface area contributed by atoms with E-state index in [0.717, 1.165) is 29.9 Å². The summed E-state index contributed by atoms with van der Waals surface area (Å²) < 4.78 is 5.58. The number of benzene rings is 3. The zero-order valence-corrected chi connectivity index (χ0v) is 20.6. The molecule has 1 N–H and O–H groups in total. The number of Topliss-reactive ketones (excluding diaryl/α,β-unsaturated/α-hetero) is 1. The topological polar surface area (TPSA) is 70.1 Å². The van der Waals surface area contributed by atoms with Gasteiger partial charge < -0.3 is 14.7 Å². The highest BCUT2D eigenvalue weighted by Crippen LogP contribution is 2.43. The molecule has 2 heterocycles. The van der Waals surface area contributed by atoms with E-state index in [1.54, 1.807) is 24.3 Å². The SMILES string of the molecule is CCOc1cccc(/C(O)=C2\C(=O)C(=O)N(c3ccc(N4CCCC4)cc3)C2c2cccc(C)c2)c1. The number of hydrogen-bond acceptors (Lipinski definition) is 5. The Bertz CT molecular complexity index is 1320. The molecule has 0 aromatic heterocycles. The fourth-order valence-electron chi connectivity index (χ4n) is 5.11. The van der Waals surface area contributed by atoms with Crippen LogP contribution in [-0.2, 0) is 9.59 Å². The first kappa shape index (κ1) is 23.7. The fourth-order valence-corrected chi connectivity index (χ4v) is 5.11. The summed E-state index contributed by atoms with van der Waals surface area (Å²) in [5.41, 5.74) is 3.99.